The molecule has 11 heteroatoms. The van der Waals surface area contributed by atoms with Crippen molar-refractivity contribution < 1.29 is 13.2 Å². The van der Waals surface area contributed by atoms with Gasteiger partial charge in [-0.15, -0.1) is 11.3 Å². The molecule has 0 saturated carbocycles. The van der Waals surface area contributed by atoms with E-state index in [4.69, 9.17) is 9.72 Å². The maximum absolute atomic E-state index is 12.5. The van der Waals surface area contributed by atoms with E-state index >= 15 is 0 Å². The number of nitrogens with zero attached hydrogens (tertiary/aromatic N) is 4. The molecular formula is C24H22N6O3S2. The summed E-state index contributed by atoms with van der Waals surface area (Å²) in [6.07, 6.45) is 3.64. The highest BCUT2D eigenvalue weighted by molar-refractivity contribution is 7.89. The van der Waals surface area contributed by atoms with Gasteiger partial charge in [0.2, 0.25) is 16.0 Å². The zero-order valence-electron chi connectivity index (χ0n) is 18.7. The van der Waals surface area contributed by atoms with Crippen LogP contribution in [0.2, 0.25) is 0 Å². The van der Waals surface area contributed by atoms with Crippen molar-refractivity contribution in [2.24, 2.45) is 0 Å². The van der Waals surface area contributed by atoms with Gasteiger partial charge in [-0.1, -0.05) is 30.3 Å². The Morgan fingerprint density at radius 2 is 1.80 bits per heavy atom. The maximum atomic E-state index is 12.5. The number of benzene rings is 2. The fraction of sp³-hybridized carbons (Fsp3) is 0.125. The molecule has 0 radical (unpaired) electrons. The monoisotopic (exact) mass is 506 g/mol. The Labute approximate surface area is 206 Å². The Kier molecular flexibility index (Phi) is 6.45. The third-order valence-electron chi connectivity index (χ3n) is 5.28. The first-order valence-corrected chi connectivity index (χ1v) is 13.1. The second-order valence-electron chi connectivity index (χ2n) is 7.50. The van der Waals surface area contributed by atoms with Crippen LogP contribution in [0, 0.1) is 0 Å². The van der Waals surface area contributed by atoms with E-state index in [1.165, 1.54) is 19.2 Å². The smallest absolute Gasteiger partial charge is 0.240 e. The first-order chi connectivity index (χ1) is 17.0. The van der Waals surface area contributed by atoms with E-state index in [-0.39, 0.29) is 11.4 Å². The Hall–Kier alpha value is -3.80. The van der Waals surface area contributed by atoms with Gasteiger partial charge in [-0.25, -0.2) is 28.1 Å². The van der Waals surface area contributed by atoms with Crippen LogP contribution in [0.4, 0.5) is 5.95 Å². The summed E-state index contributed by atoms with van der Waals surface area (Å²) in [5.74, 6) is 0.992. The minimum atomic E-state index is -3.63. The molecule has 0 aliphatic rings. The number of imidazole rings is 1. The minimum Gasteiger partial charge on any atom is -0.497 e. The third-order valence-corrected chi connectivity index (χ3v) is 7.51. The summed E-state index contributed by atoms with van der Waals surface area (Å²) in [6.45, 7) is 0.476. The van der Waals surface area contributed by atoms with Crippen LogP contribution in [-0.2, 0) is 10.0 Å². The number of anilines is 1. The van der Waals surface area contributed by atoms with Crippen LogP contribution in [0.5, 0.6) is 5.75 Å². The van der Waals surface area contributed by atoms with Crippen LogP contribution in [0.1, 0.15) is 0 Å². The van der Waals surface area contributed by atoms with Crippen molar-refractivity contribution in [1.82, 2.24) is 24.1 Å². The number of hydrogen-bond acceptors (Lipinski definition) is 8. The molecule has 3 aromatic heterocycles. The van der Waals surface area contributed by atoms with E-state index in [0.29, 0.717) is 23.9 Å². The summed E-state index contributed by atoms with van der Waals surface area (Å²) in [4.78, 5) is 14.8. The molecule has 0 bridgehead atoms. The van der Waals surface area contributed by atoms with E-state index in [1.54, 1.807) is 29.7 Å². The van der Waals surface area contributed by atoms with Crippen LogP contribution in [0.25, 0.3) is 27.6 Å². The first kappa shape index (κ1) is 23.0. The van der Waals surface area contributed by atoms with Crippen LogP contribution in [-0.4, -0.2) is 48.0 Å². The molecule has 0 fully saturated rings. The predicted octanol–water partition coefficient (Wildman–Crippen LogP) is 3.92. The maximum Gasteiger partial charge on any atom is 0.240 e. The molecule has 9 nitrogen and oxygen atoms in total. The minimum absolute atomic E-state index is 0.165. The molecule has 0 atom stereocenters. The van der Waals surface area contributed by atoms with Crippen molar-refractivity contribution in [2.75, 3.05) is 25.5 Å². The molecule has 0 aliphatic heterocycles. The summed E-state index contributed by atoms with van der Waals surface area (Å²) in [6, 6.07) is 18.0. The summed E-state index contributed by atoms with van der Waals surface area (Å²) in [5, 5.41) is 5.08. The Morgan fingerprint density at radius 3 is 2.57 bits per heavy atom. The van der Waals surface area contributed by atoms with Gasteiger partial charge in [0.15, 0.2) is 4.96 Å². The standard InChI is InChI=1S/C24H22N6O3S2/c1-33-18-7-9-19(10-8-18)35(31,32)27-14-13-26-23-25-12-11-20(28-23)22-21(17-5-3-2-4-6-17)29-24-30(22)15-16-34-24/h2-12,15-16,27H,13-14H2,1H3,(H,25,26,28). The van der Waals surface area contributed by atoms with E-state index < -0.39 is 10.0 Å². The average molecular weight is 507 g/mol. The van der Waals surface area contributed by atoms with Crippen LogP contribution >= 0.6 is 11.3 Å². The molecule has 0 saturated heterocycles. The number of methoxy groups -OCH3 is 1. The molecule has 5 rings (SSSR count). The van der Waals surface area contributed by atoms with Crippen molar-refractivity contribution in [3.8, 4) is 28.4 Å². The summed E-state index contributed by atoms with van der Waals surface area (Å²) >= 11 is 1.56. The van der Waals surface area contributed by atoms with Gasteiger partial charge in [-0.05, 0) is 30.3 Å². The van der Waals surface area contributed by atoms with Gasteiger partial charge in [-0.2, -0.15) is 0 Å². The molecule has 0 amide bonds. The van der Waals surface area contributed by atoms with Gasteiger partial charge < -0.3 is 10.1 Å². The van der Waals surface area contributed by atoms with Crippen molar-refractivity contribution in [2.45, 2.75) is 4.90 Å². The molecule has 2 N–H and O–H groups in total. The topological polar surface area (TPSA) is 111 Å². The summed E-state index contributed by atoms with van der Waals surface area (Å²) in [5.41, 5.74) is 3.43. The molecule has 178 valence electrons. The van der Waals surface area contributed by atoms with Gasteiger partial charge in [-0.3, -0.25) is 4.40 Å². The number of thiazole rings is 1. The Morgan fingerprint density at radius 1 is 1.00 bits per heavy atom. The van der Waals surface area contributed by atoms with E-state index in [1.807, 2.05) is 52.4 Å². The molecule has 5 aromatic rings. The van der Waals surface area contributed by atoms with Gasteiger partial charge in [0.25, 0.3) is 0 Å². The zero-order chi connectivity index (χ0) is 24.3. The lowest BCUT2D eigenvalue weighted by Gasteiger charge is -2.10. The molecule has 3 heterocycles. The van der Waals surface area contributed by atoms with E-state index in [9.17, 15) is 8.42 Å². The second-order valence-corrected chi connectivity index (χ2v) is 10.1. The Bertz CT molecular complexity index is 1550. The lowest BCUT2D eigenvalue weighted by Crippen LogP contribution is -2.29. The van der Waals surface area contributed by atoms with Crippen molar-refractivity contribution in [3.05, 3.63) is 78.4 Å². The van der Waals surface area contributed by atoms with Gasteiger partial charge >= 0.3 is 0 Å². The molecule has 0 spiro atoms. The predicted molar refractivity (Wildman–Crippen MR) is 136 cm³/mol. The molecular weight excluding hydrogens is 484 g/mol. The number of ether oxygens (including phenoxy) is 1. The lowest BCUT2D eigenvalue weighted by molar-refractivity contribution is 0.414. The average Bonchev–Trinajstić information content (AvgIpc) is 3.49. The van der Waals surface area contributed by atoms with Crippen molar-refractivity contribution in [3.63, 3.8) is 0 Å². The highest BCUT2D eigenvalue weighted by atomic mass is 32.2. The first-order valence-electron chi connectivity index (χ1n) is 10.8. The van der Waals surface area contributed by atoms with E-state index in [2.05, 4.69) is 20.0 Å². The number of rotatable bonds is 9. The SMILES string of the molecule is COc1ccc(S(=O)(=O)NCCNc2nccc(-c3c(-c4ccccc4)nc4sccn34)n2)cc1. The summed E-state index contributed by atoms with van der Waals surface area (Å²) < 4.78 is 34.7. The molecule has 2 aromatic carbocycles. The fourth-order valence-corrected chi connectivity index (χ4v) is 5.35. The molecule has 0 unspecified atom stereocenters. The Balaban J connectivity index is 1.31. The third kappa shape index (κ3) is 4.87. The number of fused-ring (bicyclic) bond motifs is 1. The largest absolute Gasteiger partial charge is 0.497 e. The van der Waals surface area contributed by atoms with Crippen LogP contribution < -0.4 is 14.8 Å². The van der Waals surface area contributed by atoms with E-state index in [0.717, 1.165) is 21.9 Å². The van der Waals surface area contributed by atoms with Gasteiger partial charge in [0, 0.05) is 36.4 Å². The number of sulfonamides is 1. The highest BCUT2D eigenvalue weighted by Gasteiger charge is 2.18. The molecule has 35 heavy (non-hydrogen) atoms. The van der Waals surface area contributed by atoms with Crippen LogP contribution in [0.3, 0.4) is 0 Å². The normalized spacial score (nSPS) is 11.6. The highest BCUT2D eigenvalue weighted by Crippen LogP contribution is 2.33. The zero-order valence-corrected chi connectivity index (χ0v) is 20.4. The van der Waals surface area contributed by atoms with Gasteiger partial charge in [0.05, 0.1) is 23.4 Å². The number of aromatic nitrogens is 4. The summed E-state index contributed by atoms with van der Waals surface area (Å²) in [7, 11) is -2.10. The quantitative estimate of drug-likeness (QED) is 0.292. The lowest BCUT2D eigenvalue weighted by atomic mass is 10.1. The van der Waals surface area contributed by atoms with Crippen LogP contribution in [0.15, 0.2) is 83.3 Å². The number of nitrogens with one attached hydrogen (secondary N) is 2. The fourth-order valence-electron chi connectivity index (χ4n) is 3.60. The second kappa shape index (κ2) is 9.82. The van der Waals surface area contributed by atoms with Crippen molar-refractivity contribution in [1.29, 1.82) is 0 Å². The van der Waals surface area contributed by atoms with Crippen molar-refractivity contribution >= 4 is 32.3 Å². The van der Waals surface area contributed by atoms with Gasteiger partial charge in [0.1, 0.15) is 11.4 Å². The number of hydrogen-bond donors (Lipinski definition) is 2. The molecule has 0 aliphatic carbocycles.